The molecule has 1 aromatic rings. The molecule has 1 atom stereocenters. The van der Waals surface area contributed by atoms with E-state index in [1.807, 2.05) is 0 Å². The van der Waals surface area contributed by atoms with Gasteiger partial charge in [0.05, 0.1) is 7.11 Å². The van der Waals surface area contributed by atoms with Crippen LogP contribution in [0.4, 0.5) is 18.0 Å². The number of alkyl halides is 3. The second kappa shape index (κ2) is 14.6. The van der Waals surface area contributed by atoms with Crippen molar-refractivity contribution in [2.75, 3.05) is 20.2 Å². The largest absolute Gasteiger partial charge is 0.481 e. The van der Waals surface area contributed by atoms with Gasteiger partial charge in [-0.3, -0.25) is 9.69 Å². The van der Waals surface area contributed by atoms with Crippen LogP contribution in [0.3, 0.4) is 0 Å². The molecule has 0 saturated carbocycles. The molecule has 0 aliphatic carbocycles. The van der Waals surface area contributed by atoms with Gasteiger partial charge in [0.1, 0.15) is 17.3 Å². The van der Waals surface area contributed by atoms with E-state index in [2.05, 4.69) is 30.7 Å². The van der Waals surface area contributed by atoms with Gasteiger partial charge < -0.3 is 14.8 Å². The minimum atomic E-state index is -4.60. The summed E-state index contributed by atoms with van der Waals surface area (Å²) in [5.74, 6) is -0.493. The first kappa shape index (κ1) is 32.7. The van der Waals surface area contributed by atoms with Gasteiger partial charge in [-0.15, -0.1) is 0 Å². The van der Waals surface area contributed by atoms with E-state index in [0.717, 1.165) is 6.07 Å². The number of aromatic nitrogens is 1. The summed E-state index contributed by atoms with van der Waals surface area (Å²) in [6.07, 6.45) is 2.24. The minimum absolute atomic E-state index is 0.106. The van der Waals surface area contributed by atoms with Crippen LogP contribution in [-0.4, -0.2) is 53.7 Å². The fraction of sp³-hybridized carbons (Fsp3) is 0.536. The smallest absolute Gasteiger partial charge is 0.433 e. The Morgan fingerprint density at radius 2 is 1.87 bits per heavy atom. The molecule has 1 aliphatic rings. The summed E-state index contributed by atoms with van der Waals surface area (Å²) in [6.45, 7) is 15.6. The second-order valence-electron chi connectivity index (χ2n) is 9.68. The molecule has 38 heavy (non-hydrogen) atoms. The van der Waals surface area contributed by atoms with Gasteiger partial charge in [-0.1, -0.05) is 39.0 Å². The second-order valence-corrected chi connectivity index (χ2v) is 9.68. The molecule has 2 heterocycles. The Hall–Kier alpha value is -3.30. The van der Waals surface area contributed by atoms with Gasteiger partial charge in [0.25, 0.3) is 0 Å². The molecule has 1 fully saturated rings. The van der Waals surface area contributed by atoms with Crippen LogP contribution in [0.2, 0.25) is 0 Å². The van der Waals surface area contributed by atoms with Crippen LogP contribution in [0.15, 0.2) is 42.5 Å². The first-order valence-corrected chi connectivity index (χ1v) is 12.6. The number of methoxy groups -OCH3 is 1. The van der Waals surface area contributed by atoms with Gasteiger partial charge in [0, 0.05) is 18.7 Å². The lowest BCUT2D eigenvalue weighted by atomic mass is 10.0. The highest BCUT2D eigenvalue weighted by molar-refractivity contribution is 5.86. The third kappa shape index (κ3) is 9.87. The van der Waals surface area contributed by atoms with E-state index in [1.165, 1.54) is 30.6 Å². The highest BCUT2D eigenvalue weighted by atomic mass is 19.4. The number of hydrogen-bond acceptors (Lipinski definition) is 5. The van der Waals surface area contributed by atoms with E-state index < -0.39 is 29.6 Å². The predicted molar refractivity (Wildman–Crippen MR) is 143 cm³/mol. The number of carbonyl (C=O) groups is 2. The number of amides is 2. The minimum Gasteiger partial charge on any atom is -0.481 e. The van der Waals surface area contributed by atoms with Crippen molar-refractivity contribution in [3.05, 3.63) is 53.8 Å². The van der Waals surface area contributed by atoms with Gasteiger partial charge in [0.2, 0.25) is 11.8 Å². The van der Waals surface area contributed by atoms with E-state index in [1.54, 1.807) is 39.8 Å². The zero-order valence-electron chi connectivity index (χ0n) is 23.4. The number of rotatable bonds is 7. The Labute approximate surface area is 223 Å². The van der Waals surface area contributed by atoms with E-state index >= 15 is 0 Å². The zero-order chi connectivity index (χ0) is 29.1. The first-order chi connectivity index (χ1) is 17.7. The topological polar surface area (TPSA) is 80.8 Å². The lowest BCUT2D eigenvalue weighted by molar-refractivity contribution is -0.141. The molecule has 0 aromatic carbocycles. The van der Waals surface area contributed by atoms with Crippen molar-refractivity contribution in [3.8, 4) is 5.88 Å². The highest BCUT2D eigenvalue weighted by Crippen LogP contribution is 2.33. The Bertz CT molecular complexity index is 1030. The molecule has 0 radical (unpaired) electrons. The fourth-order valence-corrected chi connectivity index (χ4v) is 3.56. The molecule has 1 unspecified atom stereocenters. The summed E-state index contributed by atoms with van der Waals surface area (Å²) < 4.78 is 49.5. The Morgan fingerprint density at radius 1 is 1.24 bits per heavy atom. The quantitative estimate of drug-likeness (QED) is 0.397. The summed E-state index contributed by atoms with van der Waals surface area (Å²) in [5.41, 5.74) is -0.213. The monoisotopic (exact) mass is 539 g/mol. The lowest BCUT2D eigenvalue weighted by Gasteiger charge is -2.28. The van der Waals surface area contributed by atoms with Crippen LogP contribution in [0.25, 0.3) is 5.57 Å². The Kier molecular flexibility index (Phi) is 12.6. The molecular weight excluding hydrogens is 499 g/mol. The SMILES string of the molecule is C=C/C(=C\C(=C/C)c1ccc(C(F)(F)F)nc1OC)CNC(=O)C1CCCN1C(=O)OC(C)(C)C.CCC. The zero-order valence-corrected chi connectivity index (χ0v) is 23.4. The number of hydrogen-bond donors (Lipinski definition) is 1. The van der Waals surface area contributed by atoms with Crippen LogP contribution < -0.4 is 10.1 Å². The summed E-state index contributed by atoms with van der Waals surface area (Å²) in [7, 11) is 1.25. The maximum atomic E-state index is 13.0. The number of halogens is 3. The fourth-order valence-electron chi connectivity index (χ4n) is 3.56. The van der Waals surface area contributed by atoms with E-state index in [-0.39, 0.29) is 18.3 Å². The average molecular weight is 540 g/mol. The van der Waals surface area contributed by atoms with Crippen molar-refractivity contribution in [1.82, 2.24) is 15.2 Å². The molecule has 1 saturated heterocycles. The van der Waals surface area contributed by atoms with Gasteiger partial charge in [0.15, 0.2) is 0 Å². The van der Waals surface area contributed by atoms with Crippen LogP contribution in [0, 0.1) is 0 Å². The van der Waals surface area contributed by atoms with Gasteiger partial charge >= 0.3 is 12.3 Å². The molecule has 2 rings (SSSR count). The van der Waals surface area contributed by atoms with E-state index in [0.29, 0.717) is 36.1 Å². The predicted octanol–water partition coefficient (Wildman–Crippen LogP) is 6.56. The van der Waals surface area contributed by atoms with Crippen molar-refractivity contribution in [3.63, 3.8) is 0 Å². The van der Waals surface area contributed by atoms with Crippen LogP contribution >= 0.6 is 0 Å². The van der Waals surface area contributed by atoms with Crippen molar-refractivity contribution in [1.29, 1.82) is 0 Å². The number of nitrogens with zero attached hydrogens (tertiary/aromatic N) is 2. The Balaban J connectivity index is 0.00000229. The number of pyridine rings is 1. The van der Waals surface area contributed by atoms with Gasteiger partial charge in [-0.05, 0) is 69.9 Å². The average Bonchev–Trinajstić information content (AvgIpc) is 3.33. The molecule has 0 spiro atoms. The van der Waals surface area contributed by atoms with E-state index in [9.17, 15) is 22.8 Å². The standard InChI is InChI=1S/C25H32F3N3O4.C3H8/c1-7-16(14-17(8-2)18-11-12-20(25(26,27)28)30-22(18)34-6)15-29-21(32)19-10-9-13-31(19)23(33)35-24(3,4)5;1-3-2/h7-8,11-12,14,19H,1,9-10,13,15H2,2-6H3,(H,29,32);3H2,1-2H3/b16-14+,17-8+;. The number of carbonyl (C=O) groups excluding carboxylic acids is 2. The van der Waals surface area contributed by atoms with Crippen molar-refractivity contribution in [2.45, 2.75) is 78.6 Å². The van der Waals surface area contributed by atoms with E-state index in [4.69, 9.17) is 9.47 Å². The number of allylic oxidation sites excluding steroid dienone is 3. The normalized spacial score (nSPS) is 16.4. The maximum absolute atomic E-state index is 13.0. The Morgan fingerprint density at radius 3 is 2.37 bits per heavy atom. The van der Waals surface area contributed by atoms with Crippen molar-refractivity contribution in [2.24, 2.45) is 0 Å². The van der Waals surface area contributed by atoms with Gasteiger partial charge in [-0.2, -0.15) is 13.2 Å². The third-order valence-electron chi connectivity index (χ3n) is 5.22. The molecule has 7 nitrogen and oxygen atoms in total. The highest BCUT2D eigenvalue weighted by Gasteiger charge is 2.36. The third-order valence-corrected chi connectivity index (χ3v) is 5.22. The number of ether oxygens (including phenoxy) is 2. The molecule has 10 heteroatoms. The molecule has 1 aromatic heterocycles. The summed E-state index contributed by atoms with van der Waals surface area (Å²) in [5, 5.41) is 2.81. The molecule has 1 aliphatic heterocycles. The summed E-state index contributed by atoms with van der Waals surface area (Å²) in [6, 6.07) is 1.53. The van der Waals surface area contributed by atoms with Crippen molar-refractivity contribution >= 4 is 17.6 Å². The van der Waals surface area contributed by atoms with Gasteiger partial charge in [-0.25, -0.2) is 9.78 Å². The number of likely N-dealkylation sites (tertiary alicyclic amines) is 1. The maximum Gasteiger partial charge on any atom is 0.433 e. The summed E-state index contributed by atoms with van der Waals surface area (Å²) >= 11 is 0. The first-order valence-electron chi connectivity index (χ1n) is 12.6. The van der Waals surface area contributed by atoms with Crippen molar-refractivity contribution < 1.29 is 32.2 Å². The number of nitrogens with one attached hydrogen (secondary N) is 1. The molecule has 2 amide bonds. The molecule has 0 bridgehead atoms. The van der Waals surface area contributed by atoms with Crippen LogP contribution in [0.5, 0.6) is 5.88 Å². The molecule has 212 valence electrons. The van der Waals surface area contributed by atoms with Crippen LogP contribution in [0.1, 0.15) is 72.1 Å². The molecule has 1 N–H and O–H groups in total. The lowest BCUT2D eigenvalue weighted by Crippen LogP contribution is -2.47. The summed E-state index contributed by atoms with van der Waals surface area (Å²) in [4.78, 5) is 30.3. The van der Waals surface area contributed by atoms with Crippen LogP contribution in [-0.2, 0) is 15.7 Å². The molecular formula is C28H40F3N3O4.